The van der Waals surface area contributed by atoms with Gasteiger partial charge in [0.25, 0.3) is 0 Å². The minimum Gasteiger partial charge on any atom is -0.466 e. The Balaban J connectivity index is 3.50. The third kappa shape index (κ3) is 6.54. The molecule has 0 saturated heterocycles. The van der Waals surface area contributed by atoms with Gasteiger partial charge in [-0.05, 0) is 20.8 Å². The Morgan fingerprint density at radius 3 is 2.62 bits per heavy atom. The number of aliphatic hydroxyl groups excluding tert-OH is 1. The summed E-state index contributed by atoms with van der Waals surface area (Å²) in [6.07, 6.45) is 0.345. The number of rotatable bonds is 6. The van der Waals surface area contributed by atoms with E-state index < -0.39 is 0 Å². The van der Waals surface area contributed by atoms with Crippen molar-refractivity contribution in [1.82, 2.24) is 5.32 Å². The minimum atomic E-state index is -0.327. The van der Waals surface area contributed by atoms with Gasteiger partial charge in [-0.15, -0.1) is 0 Å². The monoisotopic (exact) mass is 189 g/mol. The summed E-state index contributed by atoms with van der Waals surface area (Å²) in [5.41, 5.74) is -0.327. The van der Waals surface area contributed by atoms with Crippen molar-refractivity contribution in [2.45, 2.75) is 32.7 Å². The summed E-state index contributed by atoms with van der Waals surface area (Å²) in [4.78, 5) is 10.9. The fourth-order valence-corrected chi connectivity index (χ4v) is 0.792. The molecule has 13 heavy (non-hydrogen) atoms. The van der Waals surface area contributed by atoms with Gasteiger partial charge in [0.1, 0.15) is 0 Å². The number of carbonyl (C=O) groups is 1. The number of aliphatic hydroxyl groups is 1. The number of nitrogens with one attached hydrogen (secondary N) is 1. The maximum Gasteiger partial charge on any atom is 0.307 e. The van der Waals surface area contributed by atoms with E-state index >= 15 is 0 Å². The normalized spacial score (nSPS) is 11.4. The number of esters is 1. The van der Waals surface area contributed by atoms with Crippen molar-refractivity contribution in [1.29, 1.82) is 0 Å². The zero-order valence-corrected chi connectivity index (χ0v) is 8.59. The first kappa shape index (κ1) is 12.4. The second-order valence-corrected chi connectivity index (χ2v) is 3.52. The molecule has 0 radical (unpaired) electrons. The van der Waals surface area contributed by atoms with Crippen molar-refractivity contribution in [2.24, 2.45) is 0 Å². The van der Waals surface area contributed by atoms with Gasteiger partial charge in [-0.3, -0.25) is 4.79 Å². The Morgan fingerprint density at radius 1 is 1.54 bits per heavy atom. The number of hydrogen-bond donors (Lipinski definition) is 2. The molecule has 0 atom stereocenters. The second-order valence-electron chi connectivity index (χ2n) is 3.52. The van der Waals surface area contributed by atoms with Crippen LogP contribution in [0.4, 0.5) is 0 Å². The van der Waals surface area contributed by atoms with Crippen LogP contribution in [0.5, 0.6) is 0 Å². The maximum atomic E-state index is 10.9. The fourth-order valence-electron chi connectivity index (χ4n) is 0.792. The van der Waals surface area contributed by atoms with Crippen molar-refractivity contribution in [3.05, 3.63) is 0 Å². The van der Waals surface area contributed by atoms with E-state index in [9.17, 15) is 4.79 Å². The first-order chi connectivity index (χ1) is 6.02. The molecule has 0 aromatic rings. The zero-order valence-electron chi connectivity index (χ0n) is 8.59. The highest BCUT2D eigenvalue weighted by Gasteiger charge is 2.15. The molecule has 0 unspecified atom stereocenters. The molecule has 2 N–H and O–H groups in total. The van der Waals surface area contributed by atoms with Crippen molar-refractivity contribution in [2.75, 3.05) is 19.8 Å². The van der Waals surface area contributed by atoms with Crippen LogP contribution in [0, 0.1) is 0 Å². The maximum absolute atomic E-state index is 10.9. The van der Waals surface area contributed by atoms with Crippen molar-refractivity contribution in [3.63, 3.8) is 0 Å². The molecule has 0 aromatic carbocycles. The summed E-state index contributed by atoms with van der Waals surface area (Å²) in [6, 6.07) is 0. The van der Waals surface area contributed by atoms with Crippen LogP contribution in [0.1, 0.15) is 27.2 Å². The molecule has 0 rings (SSSR count). The van der Waals surface area contributed by atoms with Crippen molar-refractivity contribution < 1.29 is 14.6 Å². The summed E-state index contributed by atoms with van der Waals surface area (Å²) >= 11 is 0. The van der Waals surface area contributed by atoms with Crippen LogP contribution in [-0.2, 0) is 9.53 Å². The van der Waals surface area contributed by atoms with E-state index in [1.54, 1.807) is 6.92 Å². The highest BCUT2D eigenvalue weighted by Crippen LogP contribution is 1.99. The average Bonchev–Trinajstić information content (AvgIpc) is 2.05. The Hall–Kier alpha value is -0.610. The number of ether oxygens (including phenoxy) is 1. The molecule has 4 heteroatoms. The highest BCUT2D eigenvalue weighted by atomic mass is 16.5. The molecule has 0 fully saturated rings. The minimum absolute atomic E-state index is 0.0514. The van der Waals surface area contributed by atoms with Crippen molar-refractivity contribution in [3.8, 4) is 0 Å². The highest BCUT2D eigenvalue weighted by molar-refractivity contribution is 5.69. The third-order valence-electron chi connectivity index (χ3n) is 1.63. The average molecular weight is 189 g/mol. The molecule has 0 heterocycles. The van der Waals surface area contributed by atoms with E-state index in [1.807, 2.05) is 13.8 Å². The van der Waals surface area contributed by atoms with Crippen LogP contribution in [0.3, 0.4) is 0 Å². The van der Waals surface area contributed by atoms with E-state index in [1.165, 1.54) is 0 Å². The number of carbonyl (C=O) groups excluding carboxylic acids is 1. The van der Waals surface area contributed by atoms with Gasteiger partial charge >= 0.3 is 5.97 Å². The quantitative estimate of drug-likeness (QED) is 0.590. The first-order valence-corrected chi connectivity index (χ1v) is 4.53. The molecular formula is C9H19NO3. The fraction of sp³-hybridized carbons (Fsp3) is 0.889. The van der Waals surface area contributed by atoms with Crippen LogP contribution < -0.4 is 5.32 Å². The lowest BCUT2D eigenvalue weighted by atomic mass is 10.1. The van der Waals surface area contributed by atoms with E-state index in [-0.39, 0.29) is 18.1 Å². The van der Waals surface area contributed by atoms with Crippen LogP contribution in [0.25, 0.3) is 0 Å². The molecule has 0 aliphatic rings. The third-order valence-corrected chi connectivity index (χ3v) is 1.63. The Labute approximate surface area is 79.3 Å². The van der Waals surface area contributed by atoms with Gasteiger partial charge in [0.2, 0.25) is 0 Å². The van der Waals surface area contributed by atoms with E-state index in [4.69, 9.17) is 9.84 Å². The lowest BCUT2D eigenvalue weighted by Crippen LogP contribution is -2.43. The van der Waals surface area contributed by atoms with Gasteiger partial charge in [-0.25, -0.2) is 0 Å². The molecule has 78 valence electrons. The van der Waals surface area contributed by atoms with Gasteiger partial charge in [-0.2, -0.15) is 0 Å². The second kappa shape index (κ2) is 5.94. The first-order valence-electron chi connectivity index (χ1n) is 4.53. The lowest BCUT2D eigenvalue weighted by molar-refractivity contribution is -0.143. The molecule has 0 bridgehead atoms. The smallest absolute Gasteiger partial charge is 0.307 e. The Kier molecular flexibility index (Phi) is 5.66. The SMILES string of the molecule is CCOC(=O)CCNC(C)(C)CO. The van der Waals surface area contributed by atoms with Gasteiger partial charge in [0.05, 0.1) is 19.6 Å². The molecule has 0 amide bonds. The summed E-state index contributed by atoms with van der Waals surface area (Å²) in [6.45, 7) is 6.53. The molecule has 0 aromatic heterocycles. The Morgan fingerprint density at radius 2 is 2.15 bits per heavy atom. The summed E-state index contributed by atoms with van der Waals surface area (Å²) in [5, 5.41) is 11.9. The molecular weight excluding hydrogens is 170 g/mol. The topological polar surface area (TPSA) is 58.6 Å². The van der Waals surface area contributed by atoms with Crippen LogP contribution in [0.2, 0.25) is 0 Å². The van der Waals surface area contributed by atoms with Gasteiger partial charge in [0.15, 0.2) is 0 Å². The zero-order chi connectivity index (χ0) is 10.3. The van der Waals surface area contributed by atoms with E-state index in [2.05, 4.69) is 5.32 Å². The van der Waals surface area contributed by atoms with Gasteiger partial charge < -0.3 is 15.2 Å². The summed E-state index contributed by atoms with van der Waals surface area (Å²) in [5.74, 6) is -0.205. The van der Waals surface area contributed by atoms with E-state index in [0.717, 1.165) is 0 Å². The van der Waals surface area contributed by atoms with Crippen LogP contribution in [0.15, 0.2) is 0 Å². The van der Waals surface area contributed by atoms with Crippen LogP contribution >= 0.6 is 0 Å². The molecule has 0 aliphatic carbocycles. The summed E-state index contributed by atoms with van der Waals surface area (Å²) < 4.78 is 4.75. The Bertz CT molecular complexity index is 157. The predicted octanol–water partition coefficient (Wildman–Crippen LogP) is 0.300. The lowest BCUT2D eigenvalue weighted by Gasteiger charge is -2.23. The van der Waals surface area contributed by atoms with Gasteiger partial charge in [0, 0.05) is 12.1 Å². The largest absolute Gasteiger partial charge is 0.466 e. The van der Waals surface area contributed by atoms with Gasteiger partial charge in [-0.1, -0.05) is 0 Å². The van der Waals surface area contributed by atoms with Crippen LogP contribution in [-0.4, -0.2) is 36.4 Å². The number of hydrogen-bond acceptors (Lipinski definition) is 4. The van der Waals surface area contributed by atoms with E-state index in [0.29, 0.717) is 19.6 Å². The molecule has 0 spiro atoms. The molecule has 4 nitrogen and oxygen atoms in total. The standard InChI is InChI=1S/C9H19NO3/c1-4-13-8(12)5-6-10-9(2,3)7-11/h10-11H,4-7H2,1-3H3. The predicted molar refractivity (Wildman–Crippen MR) is 50.4 cm³/mol. The summed E-state index contributed by atoms with van der Waals surface area (Å²) in [7, 11) is 0. The molecule has 0 aliphatic heterocycles. The van der Waals surface area contributed by atoms with Crippen molar-refractivity contribution >= 4 is 5.97 Å². The molecule has 0 saturated carbocycles.